The minimum Gasteiger partial charge on any atom is -0.457 e. The quantitative estimate of drug-likeness (QED) is 0.871. The van der Waals surface area contributed by atoms with Gasteiger partial charge in [-0.25, -0.2) is 8.78 Å². The third-order valence-corrected chi connectivity index (χ3v) is 3.08. The number of benzene rings is 2. The number of halogens is 2. The Labute approximate surface area is 123 Å². The fraction of sp³-hybridized carbons (Fsp3) is 0.294. The Morgan fingerprint density at radius 2 is 1.86 bits per heavy atom. The average Bonchev–Trinajstić information content (AvgIpc) is 2.43. The molecule has 0 bridgehead atoms. The normalized spacial score (nSPS) is 11.0. The Kier molecular flexibility index (Phi) is 4.91. The first-order valence-corrected chi connectivity index (χ1v) is 6.91. The molecule has 0 saturated carbocycles. The minimum atomic E-state index is -0.307. The summed E-state index contributed by atoms with van der Waals surface area (Å²) >= 11 is 0. The van der Waals surface area contributed by atoms with E-state index in [1.807, 2.05) is 13.8 Å². The third-order valence-electron chi connectivity index (χ3n) is 3.08. The van der Waals surface area contributed by atoms with Crippen LogP contribution in [0.3, 0.4) is 0 Å². The summed E-state index contributed by atoms with van der Waals surface area (Å²) in [6.07, 6.45) is 0. The first kappa shape index (κ1) is 15.4. The van der Waals surface area contributed by atoms with E-state index in [0.29, 0.717) is 23.6 Å². The monoisotopic (exact) mass is 291 g/mol. The van der Waals surface area contributed by atoms with Crippen LogP contribution in [0.1, 0.15) is 25.0 Å². The molecule has 4 heteroatoms. The second kappa shape index (κ2) is 6.68. The highest BCUT2D eigenvalue weighted by Gasteiger charge is 2.08. The molecule has 0 atom stereocenters. The summed E-state index contributed by atoms with van der Waals surface area (Å²) in [7, 11) is 0. The van der Waals surface area contributed by atoms with E-state index in [0.717, 1.165) is 5.56 Å². The van der Waals surface area contributed by atoms with E-state index in [1.54, 1.807) is 25.1 Å². The molecule has 2 aromatic rings. The zero-order valence-electron chi connectivity index (χ0n) is 12.4. The van der Waals surface area contributed by atoms with Gasteiger partial charge in [-0.05, 0) is 48.9 Å². The number of hydrogen-bond donors (Lipinski definition) is 1. The lowest BCUT2D eigenvalue weighted by Crippen LogP contribution is -2.22. The van der Waals surface area contributed by atoms with E-state index in [-0.39, 0.29) is 17.7 Å². The predicted octanol–water partition coefficient (Wildman–Crippen LogP) is 4.56. The highest BCUT2D eigenvalue weighted by Crippen LogP contribution is 2.27. The van der Waals surface area contributed by atoms with Crippen molar-refractivity contribution in [1.29, 1.82) is 0 Å². The van der Waals surface area contributed by atoms with Crippen LogP contribution in [0, 0.1) is 18.6 Å². The molecule has 21 heavy (non-hydrogen) atoms. The first-order chi connectivity index (χ1) is 9.95. The zero-order chi connectivity index (χ0) is 15.4. The minimum absolute atomic E-state index is 0.275. The van der Waals surface area contributed by atoms with Gasteiger partial charge in [-0.15, -0.1) is 0 Å². The van der Waals surface area contributed by atoms with Crippen LogP contribution in [0.15, 0.2) is 36.4 Å². The fourth-order valence-corrected chi connectivity index (χ4v) is 1.91. The van der Waals surface area contributed by atoms with Gasteiger partial charge in [0.1, 0.15) is 23.1 Å². The van der Waals surface area contributed by atoms with Crippen molar-refractivity contribution in [2.24, 2.45) is 0 Å². The van der Waals surface area contributed by atoms with E-state index in [1.165, 1.54) is 18.2 Å². The SMILES string of the molecule is Cc1cc(Oc2ccc(F)cc2CNC(C)C)ccc1F. The number of aryl methyl sites for hydroxylation is 1. The molecule has 0 aliphatic carbocycles. The van der Waals surface area contributed by atoms with Gasteiger partial charge in [0.25, 0.3) is 0 Å². The summed E-state index contributed by atoms with van der Waals surface area (Å²) in [5.41, 5.74) is 1.24. The molecule has 0 fully saturated rings. The van der Waals surface area contributed by atoms with Gasteiger partial charge < -0.3 is 10.1 Å². The summed E-state index contributed by atoms with van der Waals surface area (Å²) in [4.78, 5) is 0. The van der Waals surface area contributed by atoms with Crippen molar-refractivity contribution in [3.63, 3.8) is 0 Å². The molecule has 0 unspecified atom stereocenters. The van der Waals surface area contributed by atoms with Crippen LogP contribution in [-0.2, 0) is 6.54 Å². The zero-order valence-corrected chi connectivity index (χ0v) is 12.4. The van der Waals surface area contributed by atoms with Gasteiger partial charge in [0.2, 0.25) is 0 Å². The molecule has 0 spiro atoms. The Bertz CT molecular complexity index is 626. The number of nitrogens with one attached hydrogen (secondary N) is 1. The number of rotatable bonds is 5. The average molecular weight is 291 g/mol. The topological polar surface area (TPSA) is 21.3 Å². The predicted molar refractivity (Wildman–Crippen MR) is 79.6 cm³/mol. The van der Waals surface area contributed by atoms with Crippen LogP contribution in [-0.4, -0.2) is 6.04 Å². The lowest BCUT2D eigenvalue weighted by atomic mass is 10.1. The molecule has 0 aliphatic heterocycles. The lowest BCUT2D eigenvalue weighted by Gasteiger charge is -2.14. The summed E-state index contributed by atoms with van der Waals surface area (Å²) in [5.74, 6) is 0.517. The maximum absolute atomic E-state index is 13.4. The molecule has 112 valence electrons. The van der Waals surface area contributed by atoms with Crippen molar-refractivity contribution < 1.29 is 13.5 Å². The molecular formula is C17H19F2NO. The van der Waals surface area contributed by atoms with Gasteiger partial charge >= 0.3 is 0 Å². The van der Waals surface area contributed by atoms with Gasteiger partial charge in [0.15, 0.2) is 0 Å². The van der Waals surface area contributed by atoms with Crippen LogP contribution in [0.4, 0.5) is 8.78 Å². The molecule has 0 amide bonds. The Balaban J connectivity index is 2.23. The van der Waals surface area contributed by atoms with Crippen LogP contribution in [0.5, 0.6) is 11.5 Å². The summed E-state index contributed by atoms with van der Waals surface area (Å²) in [6.45, 7) is 6.21. The molecule has 0 saturated heterocycles. The molecule has 0 aliphatic rings. The molecule has 1 N–H and O–H groups in total. The van der Waals surface area contributed by atoms with Gasteiger partial charge in [-0.2, -0.15) is 0 Å². The van der Waals surface area contributed by atoms with Gasteiger partial charge in [0, 0.05) is 18.2 Å². The van der Waals surface area contributed by atoms with Gasteiger partial charge in [0.05, 0.1) is 0 Å². The van der Waals surface area contributed by atoms with Crippen LogP contribution >= 0.6 is 0 Å². The van der Waals surface area contributed by atoms with Crippen molar-refractivity contribution in [3.05, 3.63) is 59.2 Å². The molecule has 2 nitrogen and oxygen atoms in total. The maximum atomic E-state index is 13.4. The van der Waals surface area contributed by atoms with Gasteiger partial charge in [-0.1, -0.05) is 13.8 Å². The first-order valence-electron chi connectivity index (χ1n) is 6.91. The highest BCUT2D eigenvalue weighted by molar-refractivity contribution is 5.39. The maximum Gasteiger partial charge on any atom is 0.132 e. The van der Waals surface area contributed by atoms with E-state index in [4.69, 9.17) is 4.74 Å². The van der Waals surface area contributed by atoms with E-state index in [2.05, 4.69) is 5.32 Å². The Morgan fingerprint density at radius 1 is 1.10 bits per heavy atom. The van der Waals surface area contributed by atoms with E-state index >= 15 is 0 Å². The molecule has 0 radical (unpaired) electrons. The lowest BCUT2D eigenvalue weighted by molar-refractivity contribution is 0.464. The second-order valence-corrected chi connectivity index (χ2v) is 5.30. The summed E-state index contributed by atoms with van der Waals surface area (Å²) in [6, 6.07) is 9.22. The van der Waals surface area contributed by atoms with Crippen molar-refractivity contribution in [2.75, 3.05) is 0 Å². The van der Waals surface area contributed by atoms with Crippen LogP contribution in [0.25, 0.3) is 0 Å². The highest BCUT2D eigenvalue weighted by atomic mass is 19.1. The smallest absolute Gasteiger partial charge is 0.132 e. The Morgan fingerprint density at radius 3 is 2.52 bits per heavy atom. The van der Waals surface area contributed by atoms with Crippen molar-refractivity contribution in [2.45, 2.75) is 33.4 Å². The standard InChI is InChI=1S/C17H19F2NO/c1-11(2)20-10-13-9-14(18)4-7-17(13)21-15-5-6-16(19)12(3)8-15/h4-9,11,20H,10H2,1-3H3. The molecule has 2 aromatic carbocycles. The van der Waals surface area contributed by atoms with Gasteiger partial charge in [-0.3, -0.25) is 0 Å². The van der Waals surface area contributed by atoms with Crippen LogP contribution in [0.2, 0.25) is 0 Å². The van der Waals surface area contributed by atoms with E-state index < -0.39 is 0 Å². The molecule has 0 heterocycles. The summed E-state index contributed by atoms with van der Waals surface area (Å²) < 4.78 is 32.4. The number of hydrogen-bond acceptors (Lipinski definition) is 2. The van der Waals surface area contributed by atoms with Crippen molar-refractivity contribution in [1.82, 2.24) is 5.32 Å². The van der Waals surface area contributed by atoms with Crippen molar-refractivity contribution in [3.8, 4) is 11.5 Å². The molecular weight excluding hydrogens is 272 g/mol. The largest absolute Gasteiger partial charge is 0.457 e. The number of ether oxygens (including phenoxy) is 1. The van der Waals surface area contributed by atoms with E-state index in [9.17, 15) is 8.78 Å². The van der Waals surface area contributed by atoms with Crippen LogP contribution < -0.4 is 10.1 Å². The Hall–Kier alpha value is -1.94. The fourth-order valence-electron chi connectivity index (χ4n) is 1.91. The third kappa shape index (κ3) is 4.26. The van der Waals surface area contributed by atoms with Crippen molar-refractivity contribution >= 4 is 0 Å². The molecule has 2 rings (SSSR count). The second-order valence-electron chi connectivity index (χ2n) is 5.30. The molecule has 0 aromatic heterocycles. The summed E-state index contributed by atoms with van der Waals surface area (Å²) in [5, 5.41) is 3.23.